The van der Waals surface area contributed by atoms with Gasteiger partial charge in [-0.2, -0.15) is 0 Å². The maximum atomic E-state index is 11.6. The molecule has 0 aromatic heterocycles. The summed E-state index contributed by atoms with van der Waals surface area (Å²) >= 11 is 6.58. The molecule has 0 aliphatic carbocycles. The molecule has 1 rings (SSSR count). The first-order valence-electron chi connectivity index (χ1n) is 4.91. The van der Waals surface area contributed by atoms with Crippen LogP contribution in [0.4, 0.5) is 0 Å². The standard InChI is InChI=1S/C11H13Br2NO2/c12-4-6-16-7-5-14-11(15)9-2-1-3-10(13)8-9/h1-3,8H,4-7H2,(H,14,15). The van der Waals surface area contributed by atoms with Gasteiger partial charge in [-0.15, -0.1) is 0 Å². The van der Waals surface area contributed by atoms with Gasteiger partial charge >= 0.3 is 0 Å². The fourth-order valence-corrected chi connectivity index (χ4v) is 1.75. The van der Waals surface area contributed by atoms with Crippen LogP contribution in [-0.2, 0) is 4.74 Å². The molecule has 0 aliphatic rings. The van der Waals surface area contributed by atoms with Crippen molar-refractivity contribution in [2.24, 2.45) is 0 Å². The number of amides is 1. The molecule has 0 unspecified atom stereocenters. The van der Waals surface area contributed by atoms with Gasteiger partial charge in [0, 0.05) is 21.9 Å². The molecule has 0 atom stereocenters. The summed E-state index contributed by atoms with van der Waals surface area (Å²) in [4.78, 5) is 11.6. The van der Waals surface area contributed by atoms with Crippen molar-refractivity contribution in [3.8, 4) is 0 Å². The summed E-state index contributed by atoms with van der Waals surface area (Å²) in [5, 5.41) is 3.60. The van der Waals surface area contributed by atoms with Crippen molar-refractivity contribution >= 4 is 37.8 Å². The fourth-order valence-electron chi connectivity index (χ4n) is 1.13. The Balaban J connectivity index is 2.30. The Kier molecular flexibility index (Phi) is 6.68. The predicted molar refractivity (Wildman–Crippen MR) is 71.1 cm³/mol. The second-order valence-electron chi connectivity index (χ2n) is 3.07. The molecule has 1 aromatic carbocycles. The third-order valence-corrected chi connectivity index (χ3v) is 2.66. The lowest BCUT2D eigenvalue weighted by Gasteiger charge is -2.05. The van der Waals surface area contributed by atoms with Crippen molar-refractivity contribution in [3.63, 3.8) is 0 Å². The van der Waals surface area contributed by atoms with Gasteiger partial charge in [-0.25, -0.2) is 0 Å². The lowest BCUT2D eigenvalue weighted by atomic mass is 10.2. The van der Waals surface area contributed by atoms with Gasteiger partial charge in [-0.3, -0.25) is 4.79 Å². The molecular weight excluding hydrogens is 338 g/mol. The number of halogens is 2. The normalized spacial score (nSPS) is 10.1. The quantitative estimate of drug-likeness (QED) is 0.632. The number of carbonyl (C=O) groups excluding carboxylic acids is 1. The van der Waals surface area contributed by atoms with Gasteiger partial charge in [-0.1, -0.05) is 37.9 Å². The summed E-state index contributed by atoms with van der Waals surface area (Å²) in [6.45, 7) is 1.72. The lowest BCUT2D eigenvalue weighted by Crippen LogP contribution is -2.27. The van der Waals surface area contributed by atoms with E-state index in [1.165, 1.54) is 0 Å². The number of hydrogen-bond donors (Lipinski definition) is 1. The highest BCUT2D eigenvalue weighted by Crippen LogP contribution is 2.11. The second-order valence-corrected chi connectivity index (χ2v) is 4.78. The van der Waals surface area contributed by atoms with Crippen LogP contribution in [0.25, 0.3) is 0 Å². The van der Waals surface area contributed by atoms with E-state index in [0.717, 1.165) is 9.80 Å². The Hall–Kier alpha value is -0.390. The summed E-state index contributed by atoms with van der Waals surface area (Å²) in [7, 11) is 0. The number of rotatable bonds is 6. The molecule has 88 valence electrons. The number of hydrogen-bond acceptors (Lipinski definition) is 2. The average molecular weight is 351 g/mol. The Morgan fingerprint density at radius 1 is 1.38 bits per heavy atom. The zero-order valence-electron chi connectivity index (χ0n) is 8.71. The minimum atomic E-state index is -0.0799. The van der Waals surface area contributed by atoms with E-state index in [2.05, 4.69) is 37.2 Å². The van der Waals surface area contributed by atoms with Gasteiger partial charge in [0.05, 0.1) is 13.2 Å². The molecule has 0 heterocycles. The topological polar surface area (TPSA) is 38.3 Å². The van der Waals surface area contributed by atoms with Crippen molar-refractivity contribution in [2.45, 2.75) is 0 Å². The van der Waals surface area contributed by atoms with E-state index >= 15 is 0 Å². The first-order valence-corrected chi connectivity index (χ1v) is 6.83. The Bertz CT molecular complexity index is 345. The lowest BCUT2D eigenvalue weighted by molar-refractivity contribution is 0.0924. The van der Waals surface area contributed by atoms with Crippen LogP contribution in [-0.4, -0.2) is 31.0 Å². The first kappa shape index (κ1) is 13.7. The Morgan fingerprint density at radius 2 is 2.19 bits per heavy atom. The Morgan fingerprint density at radius 3 is 2.88 bits per heavy atom. The van der Waals surface area contributed by atoms with Gasteiger partial charge in [0.1, 0.15) is 0 Å². The smallest absolute Gasteiger partial charge is 0.251 e. The number of benzene rings is 1. The van der Waals surface area contributed by atoms with E-state index in [4.69, 9.17) is 4.74 Å². The highest BCUT2D eigenvalue weighted by Gasteiger charge is 2.04. The number of carbonyl (C=O) groups is 1. The molecule has 0 saturated heterocycles. The maximum absolute atomic E-state index is 11.6. The van der Waals surface area contributed by atoms with E-state index in [-0.39, 0.29) is 5.91 Å². The molecule has 0 bridgehead atoms. The van der Waals surface area contributed by atoms with Crippen LogP contribution in [0.15, 0.2) is 28.7 Å². The fraction of sp³-hybridized carbons (Fsp3) is 0.364. The maximum Gasteiger partial charge on any atom is 0.251 e. The van der Waals surface area contributed by atoms with Crippen molar-refractivity contribution in [2.75, 3.05) is 25.1 Å². The van der Waals surface area contributed by atoms with E-state index in [9.17, 15) is 4.79 Å². The molecule has 0 saturated carbocycles. The molecule has 1 aromatic rings. The second kappa shape index (κ2) is 7.81. The summed E-state index contributed by atoms with van der Waals surface area (Å²) in [6.07, 6.45) is 0. The predicted octanol–water partition coefficient (Wildman–Crippen LogP) is 2.59. The average Bonchev–Trinajstić information content (AvgIpc) is 2.28. The molecule has 0 aliphatic heterocycles. The minimum absolute atomic E-state index is 0.0799. The zero-order valence-corrected chi connectivity index (χ0v) is 11.9. The summed E-state index contributed by atoms with van der Waals surface area (Å²) in [5.41, 5.74) is 0.648. The molecule has 3 nitrogen and oxygen atoms in total. The van der Waals surface area contributed by atoms with Crippen LogP contribution in [0.3, 0.4) is 0 Å². The third kappa shape index (κ3) is 5.09. The number of alkyl halides is 1. The van der Waals surface area contributed by atoms with Crippen LogP contribution in [0, 0.1) is 0 Å². The van der Waals surface area contributed by atoms with E-state index in [1.54, 1.807) is 12.1 Å². The van der Waals surface area contributed by atoms with Gasteiger partial charge in [-0.05, 0) is 18.2 Å². The molecule has 0 spiro atoms. The van der Waals surface area contributed by atoms with Gasteiger partial charge in [0.2, 0.25) is 0 Å². The highest BCUT2D eigenvalue weighted by atomic mass is 79.9. The SMILES string of the molecule is O=C(NCCOCCBr)c1cccc(Br)c1. The van der Waals surface area contributed by atoms with E-state index in [0.29, 0.717) is 25.3 Å². The molecule has 16 heavy (non-hydrogen) atoms. The van der Waals surface area contributed by atoms with E-state index in [1.807, 2.05) is 12.1 Å². The van der Waals surface area contributed by atoms with Crippen LogP contribution in [0.5, 0.6) is 0 Å². The van der Waals surface area contributed by atoms with Gasteiger partial charge in [0.15, 0.2) is 0 Å². The van der Waals surface area contributed by atoms with Crippen LogP contribution in [0.2, 0.25) is 0 Å². The van der Waals surface area contributed by atoms with Crippen molar-refractivity contribution < 1.29 is 9.53 Å². The van der Waals surface area contributed by atoms with Crippen molar-refractivity contribution in [1.29, 1.82) is 0 Å². The van der Waals surface area contributed by atoms with Gasteiger partial charge in [0.25, 0.3) is 5.91 Å². The zero-order chi connectivity index (χ0) is 11.8. The number of ether oxygens (including phenoxy) is 1. The highest BCUT2D eigenvalue weighted by molar-refractivity contribution is 9.10. The molecule has 1 amide bonds. The molecular formula is C11H13Br2NO2. The molecule has 5 heteroatoms. The van der Waals surface area contributed by atoms with Gasteiger partial charge < -0.3 is 10.1 Å². The van der Waals surface area contributed by atoms with Crippen molar-refractivity contribution in [3.05, 3.63) is 34.3 Å². The minimum Gasteiger partial charge on any atom is -0.379 e. The van der Waals surface area contributed by atoms with Crippen LogP contribution >= 0.6 is 31.9 Å². The monoisotopic (exact) mass is 349 g/mol. The van der Waals surface area contributed by atoms with Crippen molar-refractivity contribution in [1.82, 2.24) is 5.32 Å². The van der Waals surface area contributed by atoms with Crippen LogP contribution in [0.1, 0.15) is 10.4 Å². The summed E-state index contributed by atoms with van der Waals surface area (Å²) in [5.74, 6) is -0.0799. The third-order valence-electron chi connectivity index (χ3n) is 1.84. The molecule has 0 radical (unpaired) electrons. The van der Waals surface area contributed by atoms with E-state index < -0.39 is 0 Å². The van der Waals surface area contributed by atoms with Crippen LogP contribution < -0.4 is 5.32 Å². The largest absolute Gasteiger partial charge is 0.379 e. The molecule has 1 N–H and O–H groups in total. The Labute approximate surface area is 112 Å². The number of nitrogens with one attached hydrogen (secondary N) is 1. The molecule has 0 fully saturated rings. The summed E-state index contributed by atoms with van der Waals surface area (Å²) < 4.78 is 6.12. The first-order chi connectivity index (χ1) is 7.74. The summed E-state index contributed by atoms with van der Waals surface area (Å²) in [6, 6.07) is 7.28.